The molecule has 2 aromatic rings. The summed E-state index contributed by atoms with van der Waals surface area (Å²) in [7, 11) is 2.77. The van der Waals surface area contributed by atoms with Crippen LogP contribution in [0.15, 0.2) is 18.3 Å². The summed E-state index contributed by atoms with van der Waals surface area (Å²) in [5.74, 6) is 0.443. The number of pyridine rings is 1. The number of benzene rings is 1. The lowest BCUT2D eigenvalue weighted by Gasteiger charge is -2.11. The van der Waals surface area contributed by atoms with Crippen molar-refractivity contribution in [3.05, 3.63) is 34.1 Å². The molecule has 0 aliphatic rings. The Bertz CT molecular complexity index is 706. The number of methoxy groups -OCH3 is 2. The van der Waals surface area contributed by atoms with Crippen molar-refractivity contribution in [3.63, 3.8) is 0 Å². The van der Waals surface area contributed by atoms with Gasteiger partial charge in [0.1, 0.15) is 6.07 Å². The first-order chi connectivity index (χ1) is 9.13. The number of fused-ring (bicyclic) bond motifs is 1. The summed E-state index contributed by atoms with van der Waals surface area (Å²) >= 11 is 0. The van der Waals surface area contributed by atoms with Crippen LogP contribution in [0.25, 0.3) is 10.8 Å². The molecule has 96 valence electrons. The molecule has 0 fully saturated rings. The third-order valence-corrected chi connectivity index (χ3v) is 2.67. The van der Waals surface area contributed by atoms with Gasteiger partial charge in [-0.3, -0.25) is 10.1 Å². The van der Waals surface area contributed by atoms with Crippen molar-refractivity contribution < 1.29 is 14.4 Å². The number of non-ortho nitro benzene ring substituents is 1. The fourth-order valence-electron chi connectivity index (χ4n) is 1.89. The van der Waals surface area contributed by atoms with Crippen molar-refractivity contribution in [2.24, 2.45) is 0 Å². The number of ether oxygens (including phenoxy) is 2. The monoisotopic (exact) mass is 259 g/mol. The highest BCUT2D eigenvalue weighted by Gasteiger charge is 2.22. The number of nitro groups is 1. The van der Waals surface area contributed by atoms with Crippen molar-refractivity contribution in [1.82, 2.24) is 4.98 Å². The first kappa shape index (κ1) is 12.6. The standard InChI is InChI=1S/C12H9N3O4/c1-18-10-5-9(15(16)17)7-3-4-14-8(6-13)11(7)12(10)19-2/h3-5H,1-2H3. The van der Waals surface area contributed by atoms with Crippen LogP contribution in [0.1, 0.15) is 5.69 Å². The summed E-state index contributed by atoms with van der Waals surface area (Å²) in [5, 5.41) is 20.7. The number of aromatic nitrogens is 1. The number of rotatable bonds is 3. The first-order valence-corrected chi connectivity index (χ1v) is 5.22. The minimum Gasteiger partial charge on any atom is -0.493 e. The molecular formula is C12H9N3O4. The van der Waals surface area contributed by atoms with Gasteiger partial charge < -0.3 is 9.47 Å². The molecule has 0 atom stereocenters. The first-order valence-electron chi connectivity index (χ1n) is 5.22. The molecule has 0 aliphatic heterocycles. The summed E-state index contributed by atoms with van der Waals surface area (Å²) in [6.07, 6.45) is 1.35. The number of hydrogen-bond acceptors (Lipinski definition) is 6. The fraction of sp³-hybridized carbons (Fsp3) is 0.167. The van der Waals surface area contributed by atoms with Crippen LogP contribution in [0.2, 0.25) is 0 Å². The highest BCUT2D eigenvalue weighted by molar-refractivity contribution is 6.00. The van der Waals surface area contributed by atoms with Gasteiger partial charge in [-0.2, -0.15) is 5.26 Å². The van der Waals surface area contributed by atoms with Crippen molar-refractivity contribution in [2.45, 2.75) is 0 Å². The van der Waals surface area contributed by atoms with Crippen LogP contribution in [-0.4, -0.2) is 24.1 Å². The number of nitriles is 1. The van der Waals surface area contributed by atoms with E-state index in [1.165, 1.54) is 32.5 Å². The Balaban J connectivity index is 3.03. The predicted octanol–water partition coefficient (Wildman–Crippen LogP) is 2.03. The van der Waals surface area contributed by atoms with E-state index in [1.54, 1.807) is 0 Å². The molecule has 0 N–H and O–H groups in total. The van der Waals surface area contributed by atoms with E-state index >= 15 is 0 Å². The summed E-state index contributed by atoms with van der Waals surface area (Å²) in [6.45, 7) is 0. The quantitative estimate of drug-likeness (QED) is 0.617. The minimum absolute atomic E-state index is 0.0522. The third-order valence-electron chi connectivity index (χ3n) is 2.67. The zero-order chi connectivity index (χ0) is 14.0. The third kappa shape index (κ3) is 1.89. The van der Waals surface area contributed by atoms with Gasteiger partial charge in [-0.25, -0.2) is 4.98 Å². The molecule has 1 aromatic heterocycles. The molecule has 7 nitrogen and oxygen atoms in total. The maximum absolute atomic E-state index is 11.1. The summed E-state index contributed by atoms with van der Waals surface area (Å²) in [4.78, 5) is 14.4. The van der Waals surface area contributed by atoms with Gasteiger partial charge in [0.05, 0.1) is 36.0 Å². The minimum atomic E-state index is -0.536. The van der Waals surface area contributed by atoms with Gasteiger partial charge in [0, 0.05) is 6.20 Å². The van der Waals surface area contributed by atoms with Crippen LogP contribution in [0.5, 0.6) is 11.5 Å². The van der Waals surface area contributed by atoms with Crippen molar-refractivity contribution >= 4 is 16.5 Å². The Hall–Kier alpha value is -2.88. The van der Waals surface area contributed by atoms with Gasteiger partial charge in [-0.05, 0) is 6.07 Å². The lowest BCUT2D eigenvalue weighted by molar-refractivity contribution is -0.383. The molecule has 0 saturated heterocycles. The molecule has 0 spiro atoms. The Morgan fingerprint density at radius 2 is 2.16 bits per heavy atom. The predicted molar refractivity (Wildman–Crippen MR) is 66.2 cm³/mol. The van der Waals surface area contributed by atoms with E-state index < -0.39 is 4.92 Å². The zero-order valence-electron chi connectivity index (χ0n) is 10.2. The van der Waals surface area contributed by atoms with E-state index in [0.29, 0.717) is 0 Å². The van der Waals surface area contributed by atoms with E-state index in [2.05, 4.69) is 4.98 Å². The second-order valence-corrected chi connectivity index (χ2v) is 3.58. The normalized spacial score (nSPS) is 9.95. The lowest BCUT2D eigenvalue weighted by Crippen LogP contribution is -1.98. The molecular weight excluding hydrogens is 250 g/mol. The molecule has 7 heteroatoms. The van der Waals surface area contributed by atoms with Crippen molar-refractivity contribution in [3.8, 4) is 17.6 Å². The molecule has 0 bridgehead atoms. The number of nitro benzene ring substituents is 1. The molecule has 1 aromatic carbocycles. The highest BCUT2D eigenvalue weighted by atomic mass is 16.6. The summed E-state index contributed by atoms with van der Waals surface area (Å²) in [5.41, 5.74) is -0.108. The molecule has 0 aliphatic carbocycles. The van der Waals surface area contributed by atoms with E-state index in [4.69, 9.17) is 14.7 Å². The highest BCUT2D eigenvalue weighted by Crippen LogP contribution is 2.41. The van der Waals surface area contributed by atoms with Crippen molar-refractivity contribution in [1.29, 1.82) is 5.26 Å². The smallest absolute Gasteiger partial charge is 0.281 e. The second kappa shape index (κ2) is 4.78. The van der Waals surface area contributed by atoms with Crippen LogP contribution in [-0.2, 0) is 0 Å². The molecule has 0 unspecified atom stereocenters. The van der Waals surface area contributed by atoms with Crippen LogP contribution < -0.4 is 9.47 Å². The van der Waals surface area contributed by atoms with Crippen molar-refractivity contribution in [2.75, 3.05) is 14.2 Å². The number of nitrogens with zero attached hydrogens (tertiary/aromatic N) is 3. The van der Waals surface area contributed by atoms with Gasteiger partial charge in [-0.15, -0.1) is 0 Å². The van der Waals surface area contributed by atoms with Gasteiger partial charge >= 0.3 is 0 Å². The Kier molecular flexibility index (Phi) is 3.16. The molecule has 0 radical (unpaired) electrons. The van der Waals surface area contributed by atoms with Gasteiger partial charge in [-0.1, -0.05) is 0 Å². The second-order valence-electron chi connectivity index (χ2n) is 3.58. The van der Waals surface area contributed by atoms with E-state index in [-0.39, 0.29) is 33.7 Å². The Morgan fingerprint density at radius 3 is 2.68 bits per heavy atom. The lowest BCUT2D eigenvalue weighted by atomic mass is 10.1. The molecule has 0 amide bonds. The van der Waals surface area contributed by atoms with E-state index in [1.807, 2.05) is 6.07 Å². The maximum Gasteiger partial charge on any atom is 0.281 e. The fourth-order valence-corrected chi connectivity index (χ4v) is 1.89. The van der Waals surface area contributed by atoms with Gasteiger partial charge in [0.25, 0.3) is 5.69 Å². The van der Waals surface area contributed by atoms with E-state index in [0.717, 1.165) is 0 Å². The van der Waals surface area contributed by atoms with Crippen LogP contribution in [0.4, 0.5) is 5.69 Å². The average Bonchev–Trinajstić information content (AvgIpc) is 2.44. The molecule has 2 rings (SSSR count). The Labute approximate surface area is 108 Å². The molecule has 1 heterocycles. The SMILES string of the molecule is COc1cc([N+](=O)[O-])c2ccnc(C#N)c2c1OC. The van der Waals surface area contributed by atoms with Gasteiger partial charge in [0.15, 0.2) is 17.2 Å². The molecule has 0 saturated carbocycles. The maximum atomic E-state index is 11.1. The average molecular weight is 259 g/mol. The zero-order valence-corrected chi connectivity index (χ0v) is 10.2. The number of hydrogen-bond donors (Lipinski definition) is 0. The van der Waals surface area contributed by atoms with Gasteiger partial charge in [0.2, 0.25) is 0 Å². The topological polar surface area (TPSA) is 98.3 Å². The summed E-state index contributed by atoms with van der Waals surface area (Å²) < 4.78 is 10.3. The van der Waals surface area contributed by atoms with Crippen LogP contribution >= 0.6 is 0 Å². The Morgan fingerprint density at radius 1 is 1.42 bits per heavy atom. The summed E-state index contributed by atoms with van der Waals surface area (Å²) in [6, 6.07) is 4.63. The van der Waals surface area contributed by atoms with E-state index in [9.17, 15) is 10.1 Å². The largest absolute Gasteiger partial charge is 0.493 e. The van der Waals surface area contributed by atoms with Crippen LogP contribution in [0, 0.1) is 21.4 Å². The molecule has 19 heavy (non-hydrogen) atoms. The van der Waals surface area contributed by atoms with Crippen LogP contribution in [0.3, 0.4) is 0 Å².